The lowest BCUT2D eigenvalue weighted by Gasteiger charge is -2.30. The van der Waals surface area contributed by atoms with Crippen LogP contribution in [0.5, 0.6) is 0 Å². The van der Waals surface area contributed by atoms with E-state index < -0.39 is 24.3 Å². The van der Waals surface area contributed by atoms with Crippen LogP contribution in [0.4, 0.5) is 9.59 Å². The molecule has 3 aromatic heterocycles. The Bertz CT molecular complexity index is 1870. The van der Waals surface area contributed by atoms with Gasteiger partial charge in [-0.1, -0.05) is 53.7 Å². The number of aromatic amines is 2. The van der Waals surface area contributed by atoms with Crippen LogP contribution >= 0.6 is 11.3 Å². The van der Waals surface area contributed by atoms with E-state index in [1.807, 2.05) is 56.0 Å². The molecule has 284 valence electrons. The number of H-pyrrole nitrogens is 2. The molecule has 5 heterocycles. The van der Waals surface area contributed by atoms with Gasteiger partial charge in [-0.2, -0.15) is 0 Å². The number of likely N-dealkylation sites (tertiary alicyclic amines) is 2. The van der Waals surface area contributed by atoms with Crippen LogP contribution in [0.1, 0.15) is 78.1 Å². The molecule has 1 aromatic carbocycles. The number of nitrogens with zero attached hydrogens (tertiary/aromatic N) is 4. The van der Waals surface area contributed by atoms with Gasteiger partial charge in [-0.3, -0.25) is 9.59 Å². The Balaban J connectivity index is 1.20. The van der Waals surface area contributed by atoms with Crippen LogP contribution in [-0.4, -0.2) is 93.1 Å². The molecule has 0 unspecified atom stereocenters. The summed E-state index contributed by atoms with van der Waals surface area (Å²) in [4.78, 5) is 72.7. The minimum atomic E-state index is -0.707. The fourth-order valence-electron chi connectivity index (χ4n) is 7.46. The number of alkyl carbamates (subject to hydrolysis) is 2. The third kappa shape index (κ3) is 7.90. The molecule has 0 aliphatic carbocycles. The maximum absolute atomic E-state index is 13.7. The molecule has 53 heavy (non-hydrogen) atoms. The van der Waals surface area contributed by atoms with E-state index in [4.69, 9.17) is 19.4 Å². The first kappa shape index (κ1) is 37.8. The van der Waals surface area contributed by atoms with E-state index in [2.05, 4.69) is 52.6 Å². The number of nitrogens with one attached hydrogen (secondary N) is 4. The number of aromatic nitrogens is 4. The van der Waals surface area contributed by atoms with Gasteiger partial charge in [0.2, 0.25) is 11.8 Å². The van der Waals surface area contributed by atoms with Crippen molar-refractivity contribution in [2.45, 2.75) is 78.6 Å². The first-order valence-corrected chi connectivity index (χ1v) is 19.0. The van der Waals surface area contributed by atoms with Gasteiger partial charge in [-0.15, -0.1) is 11.3 Å². The zero-order valence-corrected chi connectivity index (χ0v) is 32.4. The highest BCUT2D eigenvalue weighted by molar-refractivity contribution is 7.22. The minimum absolute atomic E-state index is 0.119. The van der Waals surface area contributed by atoms with Gasteiger partial charge in [0, 0.05) is 35.7 Å². The van der Waals surface area contributed by atoms with Crippen molar-refractivity contribution in [2.75, 3.05) is 27.3 Å². The van der Waals surface area contributed by atoms with Crippen molar-refractivity contribution in [3.63, 3.8) is 0 Å². The largest absolute Gasteiger partial charge is 0.453 e. The third-order valence-electron chi connectivity index (χ3n) is 10.3. The number of imidazole rings is 2. The first-order chi connectivity index (χ1) is 25.3. The number of amides is 4. The number of fused-ring (bicyclic) bond motifs is 1. The second-order valence-electron chi connectivity index (χ2n) is 15.1. The summed E-state index contributed by atoms with van der Waals surface area (Å²) in [5.74, 6) is 1.44. The van der Waals surface area contributed by atoms with Crippen molar-refractivity contribution < 1.29 is 28.7 Å². The highest BCUT2D eigenvalue weighted by Crippen LogP contribution is 2.40. The van der Waals surface area contributed by atoms with Crippen LogP contribution in [0.15, 0.2) is 36.7 Å². The fraction of sp³-hybridized carbons (Fsp3) is 0.526. The van der Waals surface area contributed by atoms with Gasteiger partial charge in [0.25, 0.3) is 0 Å². The molecule has 2 saturated heterocycles. The van der Waals surface area contributed by atoms with E-state index in [0.29, 0.717) is 18.9 Å². The van der Waals surface area contributed by atoms with E-state index in [9.17, 15) is 19.2 Å². The van der Waals surface area contributed by atoms with Crippen LogP contribution in [0.25, 0.3) is 31.9 Å². The van der Waals surface area contributed by atoms with Gasteiger partial charge < -0.3 is 39.9 Å². The Labute approximate surface area is 313 Å². The summed E-state index contributed by atoms with van der Waals surface area (Å²) in [5, 5.41) is 6.50. The van der Waals surface area contributed by atoms with Gasteiger partial charge in [0.15, 0.2) is 0 Å². The molecule has 4 N–H and O–H groups in total. The average molecular weight is 747 g/mol. The van der Waals surface area contributed by atoms with Gasteiger partial charge in [0.1, 0.15) is 23.7 Å². The normalized spacial score (nSPS) is 21.3. The molecule has 0 saturated carbocycles. The predicted molar refractivity (Wildman–Crippen MR) is 202 cm³/mol. The van der Waals surface area contributed by atoms with Gasteiger partial charge in [-0.05, 0) is 54.0 Å². The Hall–Kier alpha value is -4.92. The summed E-state index contributed by atoms with van der Waals surface area (Å²) < 4.78 is 10.6. The number of hydrogen-bond acceptors (Lipinski definition) is 9. The standard InChI is InChI=1S/C38H50N8O6S/c1-19(2)31(43-37(49)51-7)35(47)45-17-21(5)11-27(45)33-39-15-25(41-33)23-9-10-24-14-30(53-29(24)13-23)26-16-40-34(42-26)28-12-22(6)18-46(28)36(48)32(20(3)4)44-38(50)52-8/h9-10,13-16,19-22,27-28,31-32H,11-12,17-18H2,1-8H3,(H,39,41)(H,40,42)(H,43,49)(H,44,50)/t21-,22-,27-,28-,31-,32-/m0/s1. The van der Waals surface area contributed by atoms with Crippen LogP contribution < -0.4 is 10.6 Å². The van der Waals surface area contributed by atoms with Crippen molar-refractivity contribution >= 4 is 45.4 Å². The van der Waals surface area contributed by atoms with Crippen molar-refractivity contribution in [3.8, 4) is 21.8 Å². The number of thiophene rings is 1. The number of methoxy groups -OCH3 is 2. The average Bonchev–Trinajstić information content (AvgIpc) is 3.97. The lowest BCUT2D eigenvalue weighted by atomic mass is 10.0. The van der Waals surface area contributed by atoms with Gasteiger partial charge in [-0.25, -0.2) is 19.6 Å². The fourth-order valence-corrected chi connectivity index (χ4v) is 8.52. The molecule has 4 aromatic rings. The van der Waals surface area contributed by atoms with E-state index in [-0.39, 0.29) is 47.6 Å². The van der Waals surface area contributed by atoms with Crippen molar-refractivity contribution in [3.05, 3.63) is 48.3 Å². The molecule has 4 amide bonds. The van der Waals surface area contributed by atoms with Crippen molar-refractivity contribution in [1.82, 2.24) is 40.4 Å². The number of rotatable bonds is 10. The zero-order valence-electron chi connectivity index (χ0n) is 31.6. The van der Waals surface area contributed by atoms with Crippen molar-refractivity contribution in [1.29, 1.82) is 0 Å². The third-order valence-corrected chi connectivity index (χ3v) is 11.4. The number of carbonyl (C=O) groups excluding carboxylic acids is 4. The monoisotopic (exact) mass is 746 g/mol. The molecule has 2 fully saturated rings. The zero-order chi connectivity index (χ0) is 38.1. The Kier molecular flexibility index (Phi) is 11.1. The maximum Gasteiger partial charge on any atom is 0.407 e. The highest BCUT2D eigenvalue weighted by Gasteiger charge is 2.41. The molecule has 14 nitrogen and oxygen atoms in total. The number of benzene rings is 1. The van der Waals surface area contributed by atoms with Crippen LogP contribution in [-0.2, 0) is 19.1 Å². The highest BCUT2D eigenvalue weighted by atomic mass is 32.1. The molecular formula is C38H50N8O6S. The van der Waals surface area contributed by atoms with E-state index >= 15 is 0 Å². The van der Waals surface area contributed by atoms with Crippen molar-refractivity contribution in [2.24, 2.45) is 23.7 Å². The van der Waals surface area contributed by atoms with E-state index in [1.165, 1.54) is 14.2 Å². The molecule has 2 aliphatic heterocycles. The topological polar surface area (TPSA) is 175 Å². The second-order valence-corrected chi connectivity index (χ2v) is 16.2. The summed E-state index contributed by atoms with van der Waals surface area (Å²) in [7, 11) is 2.58. The van der Waals surface area contributed by atoms with Gasteiger partial charge in [0.05, 0.1) is 42.6 Å². The lowest BCUT2D eigenvalue weighted by molar-refractivity contribution is -0.136. The quantitative estimate of drug-likeness (QED) is 0.147. The number of carbonyl (C=O) groups is 4. The van der Waals surface area contributed by atoms with E-state index in [1.54, 1.807) is 11.3 Å². The van der Waals surface area contributed by atoms with Crippen LogP contribution in [0.3, 0.4) is 0 Å². The Morgan fingerprint density at radius 2 is 1.26 bits per heavy atom. The molecule has 2 aliphatic rings. The van der Waals surface area contributed by atoms with Gasteiger partial charge >= 0.3 is 12.2 Å². The number of ether oxygens (including phenoxy) is 2. The summed E-state index contributed by atoms with van der Waals surface area (Å²) in [6, 6.07) is 6.46. The minimum Gasteiger partial charge on any atom is -0.453 e. The molecule has 15 heteroatoms. The molecule has 6 atom stereocenters. The van der Waals surface area contributed by atoms with Crippen LogP contribution in [0, 0.1) is 23.7 Å². The summed E-state index contributed by atoms with van der Waals surface area (Å²) in [6.45, 7) is 13.0. The molecular weight excluding hydrogens is 697 g/mol. The molecule has 0 spiro atoms. The summed E-state index contributed by atoms with van der Waals surface area (Å²) in [5.41, 5.74) is 2.52. The summed E-state index contributed by atoms with van der Waals surface area (Å²) in [6.07, 6.45) is 4.03. The SMILES string of the molecule is COC(=O)N[C@H](C(=O)N1C[C@@H](C)C[C@H]1c1nc(-c2ccc3cc(-c4c[nH]c([C@@H]5C[C@H](C)CN5C(=O)[C@@H](NC(=O)OC)C(C)C)n4)sc3c2)c[nH]1)C(C)C. The molecule has 6 rings (SSSR count). The summed E-state index contributed by atoms with van der Waals surface area (Å²) >= 11 is 1.63. The maximum atomic E-state index is 13.7. The van der Waals surface area contributed by atoms with Crippen LogP contribution in [0.2, 0.25) is 0 Å². The lowest BCUT2D eigenvalue weighted by Crippen LogP contribution is -2.51. The predicted octanol–water partition coefficient (Wildman–Crippen LogP) is 6.26. The molecule has 0 bridgehead atoms. The van der Waals surface area contributed by atoms with E-state index in [0.717, 1.165) is 50.6 Å². The number of hydrogen-bond donors (Lipinski definition) is 4. The molecule has 0 radical (unpaired) electrons. The Morgan fingerprint density at radius 3 is 1.75 bits per heavy atom. The smallest absolute Gasteiger partial charge is 0.407 e. The second kappa shape index (κ2) is 15.6. The first-order valence-electron chi connectivity index (χ1n) is 18.2. The Morgan fingerprint density at radius 1 is 0.774 bits per heavy atom.